The number of likely N-dealkylation sites (N-methyl/N-ethyl adjacent to an activating group) is 1. The van der Waals surface area contributed by atoms with Gasteiger partial charge in [0.2, 0.25) is 5.91 Å². The zero-order chi connectivity index (χ0) is 12.5. The van der Waals surface area contributed by atoms with Crippen LogP contribution in [0.1, 0.15) is 33.1 Å². The van der Waals surface area contributed by atoms with E-state index in [1.165, 1.54) is 0 Å². The van der Waals surface area contributed by atoms with E-state index in [1.807, 2.05) is 0 Å². The summed E-state index contributed by atoms with van der Waals surface area (Å²) in [4.78, 5) is 17.0. The molecule has 1 N–H and O–H groups in total. The van der Waals surface area contributed by atoms with Gasteiger partial charge in [0.05, 0.1) is 5.54 Å². The molecule has 2 rings (SSSR count). The van der Waals surface area contributed by atoms with Gasteiger partial charge in [-0.2, -0.15) is 0 Å². The van der Waals surface area contributed by atoms with Gasteiger partial charge < -0.3 is 15.1 Å². The van der Waals surface area contributed by atoms with Crippen molar-refractivity contribution in [3.63, 3.8) is 0 Å². The average Bonchev–Trinajstić information content (AvgIpc) is 2.81. The van der Waals surface area contributed by atoms with Crippen molar-refractivity contribution in [2.24, 2.45) is 0 Å². The van der Waals surface area contributed by atoms with Gasteiger partial charge in [-0.25, -0.2) is 0 Å². The molecule has 0 bridgehead atoms. The molecular formula is C13H25N3O. The van der Waals surface area contributed by atoms with E-state index >= 15 is 0 Å². The molecule has 0 saturated carbocycles. The Hall–Kier alpha value is -0.610. The molecule has 0 spiro atoms. The first-order chi connectivity index (χ1) is 8.09. The molecule has 4 heteroatoms. The van der Waals surface area contributed by atoms with Crippen LogP contribution in [0.25, 0.3) is 0 Å². The maximum absolute atomic E-state index is 12.7. The molecule has 17 heavy (non-hydrogen) atoms. The Kier molecular flexibility index (Phi) is 3.73. The number of hydrogen-bond donors (Lipinski definition) is 1. The summed E-state index contributed by atoms with van der Waals surface area (Å²) in [5.41, 5.74) is -0.254. The van der Waals surface area contributed by atoms with Crippen molar-refractivity contribution in [1.82, 2.24) is 15.1 Å². The standard InChI is InChI=1S/C13H25N3O/c1-4-13(6-5-7-14-13)12(17)16-9-8-15(3)11(2)10-16/h11,14H,4-10H2,1-3H3. The number of piperazine rings is 1. The number of rotatable bonds is 2. The van der Waals surface area contributed by atoms with Crippen molar-refractivity contribution in [3.05, 3.63) is 0 Å². The summed E-state index contributed by atoms with van der Waals surface area (Å²) in [6.07, 6.45) is 3.04. The fraction of sp³-hybridized carbons (Fsp3) is 0.923. The van der Waals surface area contributed by atoms with Crippen molar-refractivity contribution in [2.45, 2.75) is 44.7 Å². The molecular weight excluding hydrogens is 214 g/mol. The molecule has 0 aromatic heterocycles. The van der Waals surface area contributed by atoms with Gasteiger partial charge in [0.1, 0.15) is 0 Å². The van der Waals surface area contributed by atoms with Crippen LogP contribution >= 0.6 is 0 Å². The lowest BCUT2D eigenvalue weighted by atomic mass is 9.92. The van der Waals surface area contributed by atoms with Crippen molar-refractivity contribution >= 4 is 5.91 Å². The predicted octanol–water partition coefficient (Wildman–Crippen LogP) is 0.681. The molecule has 0 aliphatic carbocycles. The number of hydrogen-bond acceptors (Lipinski definition) is 3. The number of nitrogens with zero attached hydrogens (tertiary/aromatic N) is 2. The normalized spacial score (nSPS) is 35.2. The predicted molar refractivity (Wildman–Crippen MR) is 68.9 cm³/mol. The van der Waals surface area contributed by atoms with Gasteiger partial charge in [-0.1, -0.05) is 6.92 Å². The summed E-state index contributed by atoms with van der Waals surface area (Å²) < 4.78 is 0. The summed E-state index contributed by atoms with van der Waals surface area (Å²) in [6.45, 7) is 8.05. The molecule has 98 valence electrons. The van der Waals surface area contributed by atoms with Gasteiger partial charge in [0, 0.05) is 25.7 Å². The first kappa shape index (κ1) is 12.8. The maximum atomic E-state index is 12.7. The van der Waals surface area contributed by atoms with Crippen LogP contribution in [0, 0.1) is 0 Å². The summed E-state index contributed by atoms with van der Waals surface area (Å²) in [6, 6.07) is 0.475. The van der Waals surface area contributed by atoms with Crippen molar-refractivity contribution in [1.29, 1.82) is 0 Å². The average molecular weight is 239 g/mol. The summed E-state index contributed by atoms with van der Waals surface area (Å²) in [7, 11) is 2.13. The molecule has 0 radical (unpaired) electrons. The van der Waals surface area contributed by atoms with Crippen LogP contribution in [0.2, 0.25) is 0 Å². The third-order valence-electron chi connectivity index (χ3n) is 4.50. The molecule has 2 unspecified atom stereocenters. The molecule has 2 fully saturated rings. The largest absolute Gasteiger partial charge is 0.338 e. The van der Waals surface area contributed by atoms with Crippen LogP contribution in [0.5, 0.6) is 0 Å². The molecule has 2 saturated heterocycles. The van der Waals surface area contributed by atoms with Crippen LogP contribution in [0.4, 0.5) is 0 Å². The quantitative estimate of drug-likeness (QED) is 0.770. The Labute approximate surface area is 104 Å². The number of carbonyl (C=O) groups excluding carboxylic acids is 1. The second-order valence-corrected chi connectivity index (χ2v) is 5.55. The van der Waals surface area contributed by atoms with E-state index in [0.717, 1.165) is 45.4 Å². The first-order valence-electron chi connectivity index (χ1n) is 6.84. The topological polar surface area (TPSA) is 35.6 Å². The Morgan fingerprint density at radius 2 is 2.24 bits per heavy atom. The molecule has 2 aliphatic rings. The lowest BCUT2D eigenvalue weighted by Gasteiger charge is -2.41. The van der Waals surface area contributed by atoms with Crippen LogP contribution in [0.3, 0.4) is 0 Å². The van der Waals surface area contributed by atoms with Crippen LogP contribution < -0.4 is 5.32 Å². The van der Waals surface area contributed by atoms with E-state index in [1.54, 1.807) is 0 Å². The van der Waals surface area contributed by atoms with Crippen LogP contribution in [0.15, 0.2) is 0 Å². The van der Waals surface area contributed by atoms with Gasteiger partial charge in [-0.3, -0.25) is 4.79 Å². The Balaban J connectivity index is 2.04. The van der Waals surface area contributed by atoms with E-state index in [2.05, 4.69) is 36.0 Å². The van der Waals surface area contributed by atoms with E-state index in [4.69, 9.17) is 0 Å². The third kappa shape index (κ3) is 2.33. The summed E-state index contributed by atoms with van der Waals surface area (Å²) >= 11 is 0. The summed E-state index contributed by atoms with van der Waals surface area (Å²) in [5, 5.41) is 3.44. The molecule has 2 aliphatic heterocycles. The van der Waals surface area contributed by atoms with E-state index < -0.39 is 0 Å². The van der Waals surface area contributed by atoms with Gasteiger partial charge in [-0.15, -0.1) is 0 Å². The minimum absolute atomic E-state index is 0.254. The highest BCUT2D eigenvalue weighted by Gasteiger charge is 2.42. The highest BCUT2D eigenvalue weighted by Crippen LogP contribution is 2.26. The fourth-order valence-corrected chi connectivity index (χ4v) is 2.98. The van der Waals surface area contributed by atoms with Gasteiger partial charge in [-0.05, 0) is 39.8 Å². The first-order valence-corrected chi connectivity index (χ1v) is 6.84. The minimum Gasteiger partial charge on any atom is -0.338 e. The monoisotopic (exact) mass is 239 g/mol. The van der Waals surface area contributed by atoms with Crippen LogP contribution in [-0.2, 0) is 4.79 Å². The zero-order valence-electron chi connectivity index (χ0n) is 11.3. The van der Waals surface area contributed by atoms with Crippen molar-refractivity contribution in [3.8, 4) is 0 Å². The third-order valence-corrected chi connectivity index (χ3v) is 4.50. The minimum atomic E-state index is -0.254. The highest BCUT2D eigenvalue weighted by molar-refractivity contribution is 5.86. The molecule has 0 aromatic carbocycles. The lowest BCUT2D eigenvalue weighted by Crippen LogP contribution is -2.60. The Bertz CT molecular complexity index is 286. The Morgan fingerprint density at radius 3 is 2.76 bits per heavy atom. The van der Waals surface area contributed by atoms with Crippen molar-refractivity contribution < 1.29 is 4.79 Å². The smallest absolute Gasteiger partial charge is 0.242 e. The zero-order valence-corrected chi connectivity index (χ0v) is 11.3. The van der Waals surface area contributed by atoms with E-state index in [9.17, 15) is 4.79 Å². The molecule has 2 heterocycles. The Morgan fingerprint density at radius 1 is 1.47 bits per heavy atom. The highest BCUT2D eigenvalue weighted by atomic mass is 16.2. The SMILES string of the molecule is CCC1(C(=O)N2CCN(C)C(C)C2)CCCN1. The van der Waals surface area contributed by atoms with Gasteiger partial charge in [0.25, 0.3) is 0 Å². The van der Waals surface area contributed by atoms with E-state index in [0.29, 0.717) is 11.9 Å². The maximum Gasteiger partial charge on any atom is 0.242 e. The van der Waals surface area contributed by atoms with Crippen LogP contribution in [-0.4, -0.2) is 60.5 Å². The fourth-order valence-electron chi connectivity index (χ4n) is 2.98. The molecule has 1 amide bonds. The molecule has 2 atom stereocenters. The molecule has 4 nitrogen and oxygen atoms in total. The summed E-state index contributed by atoms with van der Waals surface area (Å²) in [5.74, 6) is 0.331. The number of amides is 1. The molecule has 0 aromatic rings. The number of nitrogens with one attached hydrogen (secondary N) is 1. The second-order valence-electron chi connectivity index (χ2n) is 5.55. The van der Waals surface area contributed by atoms with Gasteiger partial charge >= 0.3 is 0 Å². The lowest BCUT2D eigenvalue weighted by molar-refractivity contribution is -0.140. The number of carbonyl (C=O) groups is 1. The van der Waals surface area contributed by atoms with Gasteiger partial charge in [0.15, 0.2) is 0 Å². The van der Waals surface area contributed by atoms with E-state index in [-0.39, 0.29) is 5.54 Å². The van der Waals surface area contributed by atoms with Crippen molar-refractivity contribution in [2.75, 3.05) is 33.2 Å². The second kappa shape index (κ2) is 4.94.